The van der Waals surface area contributed by atoms with Crippen molar-refractivity contribution in [3.8, 4) is 0 Å². The molecule has 218 valence electrons. The quantitative estimate of drug-likeness (QED) is 0.335. The molecule has 6 rings (SSSR count). The van der Waals surface area contributed by atoms with Gasteiger partial charge in [-0.1, -0.05) is 60.1 Å². The SMILES string of the molecule is CN1CCN(C(=O)[C@]23CCC(C)(C)C[C@H]2C2=CC[C@@H]4[C@@]5(C)CCC(=O)C(C)(C)[C@@H]5CC[C@@]4(C)[C@]2(C)CC3)CC1. The van der Waals surface area contributed by atoms with E-state index in [1.165, 1.54) is 12.8 Å². The van der Waals surface area contributed by atoms with Crippen molar-refractivity contribution in [3.63, 3.8) is 0 Å². The van der Waals surface area contributed by atoms with Crippen molar-refractivity contribution in [1.82, 2.24) is 9.80 Å². The van der Waals surface area contributed by atoms with Gasteiger partial charge in [0.05, 0.1) is 5.41 Å². The van der Waals surface area contributed by atoms with Crippen molar-refractivity contribution in [1.29, 1.82) is 0 Å². The van der Waals surface area contributed by atoms with E-state index in [0.717, 1.165) is 77.5 Å². The normalized spacial score (nSPS) is 47.3. The van der Waals surface area contributed by atoms with Gasteiger partial charge < -0.3 is 9.80 Å². The summed E-state index contributed by atoms with van der Waals surface area (Å²) in [5.74, 6) is 2.44. The van der Waals surface area contributed by atoms with E-state index in [4.69, 9.17) is 0 Å². The maximum absolute atomic E-state index is 14.6. The third-order valence-electron chi connectivity index (χ3n) is 14.6. The number of carbonyl (C=O) groups excluding carboxylic acids is 2. The molecule has 4 heteroatoms. The zero-order valence-corrected chi connectivity index (χ0v) is 26.4. The highest BCUT2D eigenvalue weighted by atomic mass is 16.2. The number of hydrogen-bond donors (Lipinski definition) is 0. The molecule has 1 amide bonds. The van der Waals surface area contributed by atoms with Crippen LogP contribution in [0.3, 0.4) is 0 Å². The molecule has 0 N–H and O–H groups in total. The zero-order valence-electron chi connectivity index (χ0n) is 26.4. The van der Waals surface area contributed by atoms with Crippen LogP contribution >= 0.6 is 0 Å². The summed E-state index contributed by atoms with van der Waals surface area (Å²) in [4.78, 5) is 32.2. The molecule has 5 aliphatic carbocycles. The van der Waals surface area contributed by atoms with Gasteiger partial charge in [-0.05, 0) is 104 Å². The van der Waals surface area contributed by atoms with Gasteiger partial charge in [-0.15, -0.1) is 0 Å². The van der Waals surface area contributed by atoms with Gasteiger partial charge in [0.25, 0.3) is 0 Å². The monoisotopic (exact) mass is 536 g/mol. The molecule has 7 atom stereocenters. The van der Waals surface area contributed by atoms with Gasteiger partial charge in [-0.25, -0.2) is 0 Å². The van der Waals surface area contributed by atoms with Crippen molar-refractivity contribution in [2.75, 3.05) is 33.2 Å². The van der Waals surface area contributed by atoms with E-state index in [9.17, 15) is 9.59 Å². The van der Waals surface area contributed by atoms with Crippen LogP contribution in [0.15, 0.2) is 11.6 Å². The second kappa shape index (κ2) is 8.68. The van der Waals surface area contributed by atoms with Gasteiger partial charge in [0.1, 0.15) is 5.78 Å². The number of likely N-dealkylation sites (N-methyl/N-ethyl adjacent to an activating group) is 1. The summed E-state index contributed by atoms with van der Waals surface area (Å²) >= 11 is 0. The number of amides is 1. The van der Waals surface area contributed by atoms with Crippen LogP contribution in [-0.2, 0) is 9.59 Å². The number of carbonyl (C=O) groups is 2. The van der Waals surface area contributed by atoms with Crippen LogP contribution in [-0.4, -0.2) is 54.7 Å². The molecule has 6 aliphatic rings. The van der Waals surface area contributed by atoms with Gasteiger partial charge in [-0.2, -0.15) is 0 Å². The Hall–Kier alpha value is -1.16. The number of hydrogen-bond acceptors (Lipinski definition) is 3. The molecular formula is C35H56N2O2. The van der Waals surface area contributed by atoms with Crippen LogP contribution in [0, 0.1) is 50.2 Å². The average Bonchev–Trinajstić information content (AvgIpc) is 2.87. The number of allylic oxidation sites excluding steroid dienone is 2. The Kier molecular flexibility index (Phi) is 6.23. The molecule has 0 aromatic carbocycles. The molecule has 0 spiro atoms. The first-order chi connectivity index (χ1) is 18.1. The minimum Gasteiger partial charge on any atom is -0.340 e. The Bertz CT molecular complexity index is 1080. The zero-order chi connectivity index (χ0) is 28.2. The van der Waals surface area contributed by atoms with Crippen LogP contribution in [0.4, 0.5) is 0 Å². The first kappa shape index (κ1) is 28.0. The number of ketones is 1. The minimum absolute atomic E-state index is 0.138. The van der Waals surface area contributed by atoms with Gasteiger partial charge in [0.2, 0.25) is 5.91 Å². The van der Waals surface area contributed by atoms with Crippen molar-refractivity contribution in [2.45, 2.75) is 113 Å². The number of Topliss-reactive ketones (excluding diaryl/α,β-unsaturated/α-hetero) is 1. The second-order valence-electron chi connectivity index (χ2n) is 17.1. The molecule has 0 bridgehead atoms. The van der Waals surface area contributed by atoms with E-state index in [2.05, 4.69) is 71.4 Å². The Morgan fingerprint density at radius 1 is 0.846 bits per heavy atom. The molecule has 0 unspecified atom stereocenters. The van der Waals surface area contributed by atoms with Crippen molar-refractivity contribution >= 4 is 11.7 Å². The third kappa shape index (κ3) is 3.71. The lowest BCUT2D eigenvalue weighted by molar-refractivity contribution is -0.188. The molecule has 0 aromatic rings. The average molecular weight is 537 g/mol. The topological polar surface area (TPSA) is 40.6 Å². The van der Waals surface area contributed by atoms with E-state index in [1.54, 1.807) is 5.57 Å². The molecular weight excluding hydrogens is 480 g/mol. The van der Waals surface area contributed by atoms with Crippen LogP contribution in [0.5, 0.6) is 0 Å². The summed E-state index contributed by atoms with van der Waals surface area (Å²) in [6.07, 6.45) is 13.6. The highest BCUT2D eigenvalue weighted by Crippen LogP contribution is 2.75. The highest BCUT2D eigenvalue weighted by molar-refractivity contribution is 5.86. The van der Waals surface area contributed by atoms with Crippen molar-refractivity contribution < 1.29 is 9.59 Å². The second-order valence-corrected chi connectivity index (χ2v) is 17.1. The molecule has 0 radical (unpaired) electrons. The lowest BCUT2D eigenvalue weighted by Crippen LogP contribution is -2.65. The standard InChI is InChI=1S/C35H56N2O2/c1-30(2)15-17-35(29(39)37-21-19-36(8)20-22-37)18-16-33(6)24(25(35)23-30)9-10-27-32(5)13-12-28(38)31(3,4)26(32)11-14-34(27,33)7/h9,25-27H,10-23H2,1-8H3/t25-,26-,27+,32-,33+,34+,35-/m0/s1. The molecule has 4 saturated carbocycles. The van der Waals surface area contributed by atoms with E-state index < -0.39 is 0 Å². The van der Waals surface area contributed by atoms with Crippen LogP contribution in [0.2, 0.25) is 0 Å². The molecule has 5 fully saturated rings. The summed E-state index contributed by atoms with van der Waals surface area (Å²) in [7, 11) is 2.18. The van der Waals surface area contributed by atoms with Gasteiger partial charge in [0, 0.05) is 38.0 Å². The summed E-state index contributed by atoms with van der Waals surface area (Å²) < 4.78 is 0. The highest BCUT2D eigenvalue weighted by Gasteiger charge is 2.69. The fourth-order valence-corrected chi connectivity index (χ4v) is 11.8. The predicted octanol–water partition coefficient (Wildman–Crippen LogP) is 7.13. The summed E-state index contributed by atoms with van der Waals surface area (Å²) in [5, 5.41) is 0. The van der Waals surface area contributed by atoms with E-state index in [0.29, 0.717) is 29.4 Å². The maximum Gasteiger partial charge on any atom is 0.229 e. The molecule has 4 nitrogen and oxygen atoms in total. The maximum atomic E-state index is 14.6. The van der Waals surface area contributed by atoms with E-state index in [-0.39, 0.29) is 32.5 Å². The van der Waals surface area contributed by atoms with E-state index >= 15 is 0 Å². The van der Waals surface area contributed by atoms with Crippen LogP contribution in [0.1, 0.15) is 113 Å². The van der Waals surface area contributed by atoms with Gasteiger partial charge >= 0.3 is 0 Å². The van der Waals surface area contributed by atoms with E-state index in [1.807, 2.05) is 0 Å². The van der Waals surface area contributed by atoms with Crippen LogP contribution in [0.25, 0.3) is 0 Å². The molecule has 1 heterocycles. The fourth-order valence-electron chi connectivity index (χ4n) is 11.8. The first-order valence-corrected chi connectivity index (χ1v) is 16.3. The molecule has 39 heavy (non-hydrogen) atoms. The minimum atomic E-state index is -0.208. The van der Waals surface area contributed by atoms with Crippen LogP contribution < -0.4 is 0 Å². The van der Waals surface area contributed by atoms with Gasteiger partial charge in [-0.3, -0.25) is 9.59 Å². The Morgan fingerprint density at radius 2 is 1.51 bits per heavy atom. The number of piperazine rings is 1. The Labute approximate surface area is 238 Å². The number of fused-ring (bicyclic) bond motifs is 7. The smallest absolute Gasteiger partial charge is 0.229 e. The predicted molar refractivity (Wildman–Crippen MR) is 158 cm³/mol. The number of nitrogens with zero attached hydrogens (tertiary/aromatic N) is 2. The summed E-state index contributed by atoms with van der Waals surface area (Å²) in [6, 6.07) is 0. The Balaban J connectivity index is 1.40. The first-order valence-electron chi connectivity index (χ1n) is 16.3. The summed E-state index contributed by atoms with van der Waals surface area (Å²) in [5.41, 5.74) is 2.11. The lowest BCUT2D eigenvalue weighted by Gasteiger charge is -2.70. The lowest BCUT2D eigenvalue weighted by atomic mass is 9.33. The third-order valence-corrected chi connectivity index (χ3v) is 14.6. The molecule has 1 saturated heterocycles. The Morgan fingerprint density at radius 3 is 2.21 bits per heavy atom. The van der Waals surface area contributed by atoms with Gasteiger partial charge in [0.15, 0.2) is 0 Å². The summed E-state index contributed by atoms with van der Waals surface area (Å²) in [6.45, 7) is 21.0. The molecule has 1 aliphatic heterocycles. The number of rotatable bonds is 1. The molecule has 0 aromatic heterocycles. The fraction of sp³-hybridized carbons (Fsp3) is 0.886. The van der Waals surface area contributed by atoms with Crippen molar-refractivity contribution in [2.24, 2.45) is 50.2 Å². The van der Waals surface area contributed by atoms with Crippen molar-refractivity contribution in [3.05, 3.63) is 11.6 Å². The largest absolute Gasteiger partial charge is 0.340 e.